The number of benzene rings is 5. The zero-order chi connectivity index (χ0) is 31.9. The van der Waals surface area contributed by atoms with Gasteiger partial charge in [-0.05, 0) is 112 Å². The van der Waals surface area contributed by atoms with Crippen molar-refractivity contribution < 1.29 is 9.31 Å². The highest BCUT2D eigenvalue weighted by atomic mass is 16.7. The molecule has 2 aliphatic rings. The molecule has 0 bridgehead atoms. The molecule has 7 aromatic rings. The van der Waals surface area contributed by atoms with Crippen molar-refractivity contribution in [1.82, 2.24) is 9.13 Å². The topological polar surface area (TPSA) is 28.3 Å². The molecule has 47 heavy (non-hydrogen) atoms. The highest BCUT2D eigenvalue weighted by Crippen LogP contribution is 2.40. The van der Waals surface area contributed by atoms with Crippen molar-refractivity contribution in [2.75, 3.05) is 0 Å². The average Bonchev–Trinajstić information content (AvgIpc) is 3.68. The largest absolute Gasteiger partial charge is 0.494 e. The highest BCUT2D eigenvalue weighted by molar-refractivity contribution is 6.62. The maximum Gasteiger partial charge on any atom is 0.494 e. The zero-order valence-electron chi connectivity index (χ0n) is 27.3. The van der Waals surface area contributed by atoms with Crippen LogP contribution in [-0.4, -0.2) is 27.5 Å². The SMILES string of the molecule is CC1(C)OB(c2ccc3c4cc(-c5ccc6c(c5)c5ccccc5n6C5=CCCC=C5)ccc4n(-c4ccccc4)c3c2)OC1(C)C. The Kier molecular flexibility index (Phi) is 6.24. The summed E-state index contributed by atoms with van der Waals surface area (Å²) in [5, 5.41) is 4.99. The van der Waals surface area contributed by atoms with E-state index in [1.165, 1.54) is 54.9 Å². The number of fused-ring (bicyclic) bond motifs is 6. The molecule has 0 saturated carbocycles. The summed E-state index contributed by atoms with van der Waals surface area (Å²) in [6, 6.07) is 39.9. The van der Waals surface area contributed by atoms with Gasteiger partial charge >= 0.3 is 7.12 Å². The van der Waals surface area contributed by atoms with Crippen molar-refractivity contribution in [3.05, 3.63) is 127 Å². The number of allylic oxidation sites excluding steroid dienone is 4. The quantitative estimate of drug-likeness (QED) is 0.185. The Labute approximate surface area is 275 Å². The van der Waals surface area contributed by atoms with Gasteiger partial charge in [-0.3, -0.25) is 0 Å². The third-order valence-electron chi connectivity index (χ3n) is 10.6. The van der Waals surface area contributed by atoms with Gasteiger partial charge < -0.3 is 18.4 Å². The van der Waals surface area contributed by atoms with E-state index in [0.717, 1.165) is 29.5 Å². The summed E-state index contributed by atoms with van der Waals surface area (Å²) >= 11 is 0. The highest BCUT2D eigenvalue weighted by Gasteiger charge is 2.51. The van der Waals surface area contributed by atoms with E-state index >= 15 is 0 Å². The maximum absolute atomic E-state index is 6.46. The van der Waals surface area contributed by atoms with E-state index in [1.54, 1.807) is 0 Å². The van der Waals surface area contributed by atoms with E-state index in [1.807, 2.05) is 0 Å². The van der Waals surface area contributed by atoms with Gasteiger partial charge in [0.15, 0.2) is 0 Å². The molecule has 1 aliphatic carbocycles. The van der Waals surface area contributed by atoms with Crippen molar-refractivity contribution in [2.24, 2.45) is 0 Å². The summed E-state index contributed by atoms with van der Waals surface area (Å²) in [5.41, 5.74) is 9.84. The lowest BCUT2D eigenvalue weighted by atomic mass is 9.79. The van der Waals surface area contributed by atoms with Gasteiger partial charge in [0.1, 0.15) is 0 Å². The van der Waals surface area contributed by atoms with E-state index in [4.69, 9.17) is 9.31 Å². The van der Waals surface area contributed by atoms with Crippen LogP contribution in [0.15, 0.2) is 127 Å². The summed E-state index contributed by atoms with van der Waals surface area (Å²) in [6.45, 7) is 8.42. The van der Waals surface area contributed by atoms with E-state index in [2.05, 4.69) is 164 Å². The molecular weight excluding hydrogens is 575 g/mol. The van der Waals surface area contributed by atoms with Crippen LogP contribution in [0.4, 0.5) is 0 Å². The van der Waals surface area contributed by atoms with Crippen molar-refractivity contribution >= 4 is 61.9 Å². The van der Waals surface area contributed by atoms with Crippen LogP contribution in [0.5, 0.6) is 0 Å². The van der Waals surface area contributed by atoms with E-state index < -0.39 is 18.3 Å². The molecule has 0 radical (unpaired) electrons. The lowest BCUT2D eigenvalue weighted by molar-refractivity contribution is 0.00578. The number of rotatable bonds is 4. The zero-order valence-corrected chi connectivity index (χ0v) is 27.3. The third kappa shape index (κ3) is 4.37. The predicted molar refractivity (Wildman–Crippen MR) is 198 cm³/mol. The van der Waals surface area contributed by atoms with E-state index in [-0.39, 0.29) is 0 Å². The Morgan fingerprint density at radius 2 is 1.17 bits per heavy atom. The van der Waals surface area contributed by atoms with Crippen molar-refractivity contribution in [3.63, 3.8) is 0 Å². The molecule has 3 heterocycles. The summed E-state index contributed by atoms with van der Waals surface area (Å²) in [6.07, 6.45) is 9.08. The van der Waals surface area contributed by atoms with Gasteiger partial charge in [0.25, 0.3) is 0 Å². The molecule has 5 heteroatoms. The second-order valence-electron chi connectivity index (χ2n) is 14.0. The molecule has 0 N–H and O–H groups in total. The first-order valence-corrected chi connectivity index (χ1v) is 16.7. The minimum atomic E-state index is -0.420. The van der Waals surface area contributed by atoms with Gasteiger partial charge in [-0.15, -0.1) is 0 Å². The van der Waals surface area contributed by atoms with Gasteiger partial charge in [-0.25, -0.2) is 0 Å². The van der Waals surface area contributed by atoms with Crippen LogP contribution in [-0.2, 0) is 9.31 Å². The van der Waals surface area contributed by atoms with Crippen LogP contribution in [0.3, 0.4) is 0 Å². The maximum atomic E-state index is 6.46. The molecule has 2 aromatic heterocycles. The van der Waals surface area contributed by atoms with Crippen LogP contribution in [0.1, 0.15) is 40.5 Å². The van der Waals surface area contributed by atoms with Gasteiger partial charge in [0.2, 0.25) is 0 Å². The molecule has 1 fully saturated rings. The smallest absolute Gasteiger partial charge is 0.399 e. The van der Waals surface area contributed by atoms with Gasteiger partial charge in [-0.1, -0.05) is 72.8 Å². The molecule has 0 unspecified atom stereocenters. The normalized spacial score (nSPS) is 17.4. The average molecular weight is 613 g/mol. The van der Waals surface area contributed by atoms with Crippen LogP contribution < -0.4 is 5.46 Å². The van der Waals surface area contributed by atoms with E-state index in [9.17, 15) is 0 Å². The fraction of sp³-hybridized carbons (Fsp3) is 0.190. The second kappa shape index (κ2) is 10.3. The molecule has 5 aromatic carbocycles. The Bertz CT molecular complexity index is 2410. The molecule has 1 aliphatic heterocycles. The van der Waals surface area contributed by atoms with Crippen molar-refractivity contribution in [2.45, 2.75) is 51.7 Å². The summed E-state index contributed by atoms with van der Waals surface area (Å²) in [7, 11) is -0.420. The summed E-state index contributed by atoms with van der Waals surface area (Å²) in [4.78, 5) is 0. The summed E-state index contributed by atoms with van der Waals surface area (Å²) in [5.74, 6) is 0. The predicted octanol–water partition coefficient (Wildman–Crippen LogP) is 10.0. The Morgan fingerprint density at radius 3 is 1.85 bits per heavy atom. The molecule has 1 saturated heterocycles. The lowest BCUT2D eigenvalue weighted by Crippen LogP contribution is -2.41. The number of aromatic nitrogens is 2. The molecule has 0 atom stereocenters. The number of hydrogen-bond acceptors (Lipinski definition) is 2. The van der Waals surface area contributed by atoms with Gasteiger partial charge in [-0.2, -0.15) is 0 Å². The minimum Gasteiger partial charge on any atom is -0.399 e. The lowest BCUT2D eigenvalue weighted by Gasteiger charge is -2.32. The fourth-order valence-corrected chi connectivity index (χ4v) is 7.39. The first-order valence-electron chi connectivity index (χ1n) is 16.7. The number of nitrogens with zero attached hydrogens (tertiary/aromatic N) is 2. The van der Waals surface area contributed by atoms with Gasteiger partial charge in [0, 0.05) is 32.9 Å². The molecular formula is C42H37BN2O2. The Balaban J connectivity index is 1.22. The third-order valence-corrected chi connectivity index (χ3v) is 10.6. The monoisotopic (exact) mass is 612 g/mol. The molecule has 0 spiro atoms. The van der Waals surface area contributed by atoms with Crippen LogP contribution in [0.25, 0.3) is 66.1 Å². The molecule has 230 valence electrons. The fourth-order valence-electron chi connectivity index (χ4n) is 7.39. The Morgan fingerprint density at radius 1 is 0.553 bits per heavy atom. The second-order valence-corrected chi connectivity index (χ2v) is 14.0. The first kappa shape index (κ1) is 28.4. The van der Waals surface area contributed by atoms with Crippen molar-refractivity contribution in [1.29, 1.82) is 0 Å². The van der Waals surface area contributed by atoms with Gasteiger partial charge in [0.05, 0.1) is 33.3 Å². The standard InChI is InChI=1S/C42H37BN2O2/c1-41(2)42(3,4)47-43(46-41)30-21-22-34-36-26-29(20-24-39(36)45(40(34)27-30)32-15-9-6-10-16-32)28-19-23-38-35(25-28)33-17-11-12-18-37(33)44(38)31-13-7-5-8-14-31/h6-7,9-27H,5,8H2,1-4H3. The van der Waals surface area contributed by atoms with E-state index in [0.29, 0.717) is 0 Å². The molecule has 4 nitrogen and oxygen atoms in total. The van der Waals surface area contributed by atoms with Crippen LogP contribution in [0.2, 0.25) is 0 Å². The van der Waals surface area contributed by atoms with Crippen LogP contribution >= 0.6 is 0 Å². The first-order chi connectivity index (χ1) is 22.8. The molecule has 0 amide bonds. The van der Waals surface area contributed by atoms with Crippen LogP contribution in [0, 0.1) is 0 Å². The minimum absolute atomic E-state index is 0.398. The Hall–Kier alpha value is -4.84. The molecule has 9 rings (SSSR count). The number of para-hydroxylation sites is 2. The number of hydrogen-bond donors (Lipinski definition) is 0. The summed E-state index contributed by atoms with van der Waals surface area (Å²) < 4.78 is 17.7. The van der Waals surface area contributed by atoms with Crippen molar-refractivity contribution in [3.8, 4) is 16.8 Å².